The number of nitrogens with one attached hydrogen (secondary N) is 1. The van der Waals surface area contributed by atoms with Crippen LogP contribution in [0.25, 0.3) is 0 Å². The Kier molecular flexibility index (Phi) is 8.36. The van der Waals surface area contributed by atoms with Gasteiger partial charge in [-0.25, -0.2) is 5.01 Å². The molecule has 34 heavy (non-hydrogen) atoms. The minimum Gasteiger partial charge on any atom is -0.493 e. The monoisotopic (exact) mass is 500 g/mol. The van der Waals surface area contributed by atoms with Crippen molar-refractivity contribution < 1.29 is 19.1 Å². The van der Waals surface area contributed by atoms with E-state index in [4.69, 9.17) is 9.47 Å². The van der Waals surface area contributed by atoms with Gasteiger partial charge in [-0.3, -0.25) is 14.5 Å². The number of nitrogens with zero attached hydrogens (tertiary/aromatic N) is 3. The Bertz CT molecular complexity index is 1070. The van der Waals surface area contributed by atoms with E-state index in [0.717, 1.165) is 47.1 Å². The predicted octanol–water partition coefficient (Wildman–Crippen LogP) is 3.76. The Labute approximate surface area is 208 Å². The average Bonchev–Trinajstić information content (AvgIpc) is 2.85. The van der Waals surface area contributed by atoms with Gasteiger partial charge in [-0.1, -0.05) is 23.9 Å². The summed E-state index contributed by atoms with van der Waals surface area (Å²) in [6.45, 7) is 2.58. The van der Waals surface area contributed by atoms with Crippen molar-refractivity contribution in [1.82, 2.24) is 9.91 Å². The summed E-state index contributed by atoms with van der Waals surface area (Å²) in [5, 5.41) is 8.95. The zero-order valence-electron chi connectivity index (χ0n) is 19.3. The summed E-state index contributed by atoms with van der Waals surface area (Å²) in [5.74, 6) is 3.84. The lowest BCUT2D eigenvalue weighted by molar-refractivity contribution is -0.117. The summed E-state index contributed by atoms with van der Waals surface area (Å²) in [4.78, 5) is 27.2. The summed E-state index contributed by atoms with van der Waals surface area (Å²) < 4.78 is 10.7. The third kappa shape index (κ3) is 6.25. The van der Waals surface area contributed by atoms with Crippen molar-refractivity contribution in [3.8, 4) is 11.5 Å². The van der Waals surface area contributed by atoms with Gasteiger partial charge >= 0.3 is 5.24 Å². The maximum Gasteiger partial charge on any atom is 0.302 e. The molecule has 2 aromatic carbocycles. The van der Waals surface area contributed by atoms with Crippen molar-refractivity contribution in [3.05, 3.63) is 53.6 Å². The molecular formula is C24H28N4O4S2. The molecule has 1 saturated heterocycles. The van der Waals surface area contributed by atoms with Gasteiger partial charge in [0.15, 0.2) is 11.5 Å². The summed E-state index contributed by atoms with van der Waals surface area (Å²) >= 11 is 3.13. The maximum absolute atomic E-state index is 12.5. The largest absolute Gasteiger partial charge is 0.493 e. The normalized spacial score (nSPS) is 16.7. The molecule has 2 heterocycles. The van der Waals surface area contributed by atoms with Crippen LogP contribution in [0.15, 0.2) is 47.6 Å². The number of hydrogen-bond acceptors (Lipinski definition) is 8. The van der Waals surface area contributed by atoms with Crippen molar-refractivity contribution in [3.63, 3.8) is 0 Å². The van der Waals surface area contributed by atoms with Gasteiger partial charge in [0.1, 0.15) is 0 Å². The fourth-order valence-corrected chi connectivity index (χ4v) is 5.48. The molecule has 1 fully saturated rings. The van der Waals surface area contributed by atoms with E-state index in [0.29, 0.717) is 30.3 Å². The van der Waals surface area contributed by atoms with Crippen LogP contribution < -0.4 is 14.8 Å². The van der Waals surface area contributed by atoms with Crippen molar-refractivity contribution >= 4 is 46.1 Å². The second kappa shape index (κ2) is 11.6. The zero-order valence-corrected chi connectivity index (χ0v) is 20.9. The van der Waals surface area contributed by atoms with Gasteiger partial charge in [0.2, 0.25) is 5.91 Å². The Balaban J connectivity index is 1.44. The van der Waals surface area contributed by atoms with Crippen LogP contribution in [0.5, 0.6) is 11.5 Å². The van der Waals surface area contributed by atoms with Crippen LogP contribution >= 0.6 is 23.5 Å². The molecule has 180 valence electrons. The minimum absolute atomic E-state index is 0.0255. The Hall–Kier alpha value is -2.69. The molecule has 0 unspecified atom stereocenters. The Morgan fingerprint density at radius 2 is 1.88 bits per heavy atom. The highest BCUT2D eigenvalue weighted by Crippen LogP contribution is 2.30. The number of ether oxygens (including phenoxy) is 2. The Morgan fingerprint density at radius 1 is 1.09 bits per heavy atom. The van der Waals surface area contributed by atoms with Gasteiger partial charge in [-0.05, 0) is 35.9 Å². The van der Waals surface area contributed by atoms with E-state index in [1.165, 1.54) is 16.8 Å². The Morgan fingerprint density at radius 3 is 2.65 bits per heavy atom. The molecule has 0 saturated carbocycles. The SMILES string of the molecule is COc1ccc(C2=NN(Cc3cccc(NC(=O)CN4CCSCC4)c3)C(=O)SC2)cc1OC. The van der Waals surface area contributed by atoms with E-state index in [-0.39, 0.29) is 11.1 Å². The van der Waals surface area contributed by atoms with Crippen LogP contribution in [-0.4, -0.2) is 77.9 Å². The number of amides is 2. The highest BCUT2D eigenvalue weighted by Gasteiger charge is 2.23. The van der Waals surface area contributed by atoms with Crippen molar-refractivity contribution in [1.29, 1.82) is 0 Å². The van der Waals surface area contributed by atoms with Crippen molar-refractivity contribution in [2.45, 2.75) is 6.54 Å². The lowest BCUT2D eigenvalue weighted by Gasteiger charge is -2.25. The highest BCUT2D eigenvalue weighted by atomic mass is 32.2. The molecule has 2 aliphatic rings. The molecule has 10 heteroatoms. The maximum atomic E-state index is 12.5. The van der Waals surface area contributed by atoms with Gasteiger partial charge in [0.05, 0.1) is 33.0 Å². The molecule has 8 nitrogen and oxygen atoms in total. The number of anilines is 1. The van der Waals surface area contributed by atoms with Crippen molar-refractivity contribution in [2.75, 3.05) is 56.4 Å². The van der Waals surface area contributed by atoms with E-state index in [1.54, 1.807) is 14.2 Å². The first kappa shape index (κ1) is 24.4. The average molecular weight is 501 g/mol. The molecule has 0 aromatic heterocycles. The number of carbonyl (C=O) groups excluding carboxylic acids is 2. The van der Waals surface area contributed by atoms with E-state index in [1.807, 2.05) is 54.2 Å². The smallest absolute Gasteiger partial charge is 0.302 e. The third-order valence-corrected chi connectivity index (χ3v) is 7.33. The van der Waals surface area contributed by atoms with Crippen LogP contribution in [0, 0.1) is 0 Å². The molecule has 4 rings (SSSR count). The molecule has 1 N–H and O–H groups in total. The van der Waals surface area contributed by atoms with Crippen LogP contribution in [0.4, 0.5) is 10.5 Å². The van der Waals surface area contributed by atoms with E-state index < -0.39 is 0 Å². The molecular weight excluding hydrogens is 472 g/mol. The second-order valence-corrected chi connectivity index (χ2v) is 10.0. The second-order valence-electron chi connectivity index (χ2n) is 7.87. The van der Waals surface area contributed by atoms with E-state index in [9.17, 15) is 9.59 Å². The summed E-state index contributed by atoms with van der Waals surface area (Å²) in [5.41, 5.74) is 3.27. The fourth-order valence-electron chi connectivity index (χ4n) is 3.76. The molecule has 2 aromatic rings. The lowest BCUT2D eigenvalue weighted by atomic mass is 10.1. The van der Waals surface area contributed by atoms with Gasteiger partial charge in [0.25, 0.3) is 0 Å². The van der Waals surface area contributed by atoms with E-state index >= 15 is 0 Å². The number of thioether (sulfide) groups is 2. The number of benzene rings is 2. The number of hydrazone groups is 1. The zero-order chi connectivity index (χ0) is 23.9. The topological polar surface area (TPSA) is 83.5 Å². The van der Waals surface area contributed by atoms with Gasteiger partial charge in [-0.15, -0.1) is 0 Å². The van der Waals surface area contributed by atoms with Crippen LogP contribution in [0.1, 0.15) is 11.1 Å². The van der Waals surface area contributed by atoms with Gasteiger partial charge in [-0.2, -0.15) is 16.9 Å². The number of rotatable bonds is 8. The molecule has 0 bridgehead atoms. The van der Waals surface area contributed by atoms with Crippen LogP contribution in [0.2, 0.25) is 0 Å². The molecule has 0 aliphatic carbocycles. The molecule has 0 spiro atoms. The van der Waals surface area contributed by atoms with E-state index in [2.05, 4.69) is 15.3 Å². The first-order valence-electron chi connectivity index (χ1n) is 11.0. The summed E-state index contributed by atoms with van der Waals surface area (Å²) in [6, 6.07) is 13.2. The highest BCUT2D eigenvalue weighted by molar-refractivity contribution is 8.14. The molecule has 0 atom stereocenters. The molecule has 2 aliphatic heterocycles. The van der Waals surface area contributed by atoms with Crippen molar-refractivity contribution in [2.24, 2.45) is 5.10 Å². The number of methoxy groups -OCH3 is 2. The first-order chi connectivity index (χ1) is 16.6. The lowest BCUT2D eigenvalue weighted by Crippen LogP contribution is -2.38. The molecule has 0 radical (unpaired) electrons. The number of carbonyl (C=O) groups is 2. The number of hydrogen-bond donors (Lipinski definition) is 1. The predicted molar refractivity (Wildman–Crippen MR) is 138 cm³/mol. The van der Waals surface area contributed by atoms with Gasteiger partial charge < -0.3 is 14.8 Å². The minimum atomic E-state index is -0.110. The van der Waals surface area contributed by atoms with Gasteiger partial charge in [0, 0.05) is 41.6 Å². The summed E-state index contributed by atoms with van der Waals surface area (Å²) in [6.07, 6.45) is 0. The molecule has 2 amide bonds. The summed E-state index contributed by atoms with van der Waals surface area (Å²) in [7, 11) is 3.18. The quantitative estimate of drug-likeness (QED) is 0.591. The van der Waals surface area contributed by atoms with Crippen LogP contribution in [-0.2, 0) is 11.3 Å². The fraction of sp³-hybridized carbons (Fsp3) is 0.375. The standard InChI is InChI=1S/C24H28N4O4S2/c1-31-21-7-6-18(13-22(21)32-2)20-16-34-24(30)28(26-20)14-17-4-3-5-19(12-17)25-23(29)15-27-8-10-33-11-9-27/h3-7,12-13H,8-11,14-16H2,1-2H3,(H,25,29). The van der Waals surface area contributed by atoms with Crippen LogP contribution in [0.3, 0.4) is 0 Å². The third-order valence-electron chi connectivity index (χ3n) is 5.52. The first-order valence-corrected chi connectivity index (χ1v) is 13.1.